The zero-order valence-corrected chi connectivity index (χ0v) is 11.2. The number of methoxy groups -OCH3 is 1. The standard InChI is InChI=1S/C13H18ClNO2/c1-4-5-9(2)15-13(16)10-6-7-12(17-3)11(14)8-10/h6-9H,4-5H2,1-3H3,(H,15,16)/t9-/m1/s1. The molecule has 94 valence electrons. The first kappa shape index (κ1) is 13.8. The van der Waals surface area contributed by atoms with E-state index in [-0.39, 0.29) is 11.9 Å². The molecule has 0 heterocycles. The normalized spacial score (nSPS) is 12.0. The van der Waals surface area contributed by atoms with Crippen LogP contribution in [-0.2, 0) is 0 Å². The molecule has 0 radical (unpaired) electrons. The van der Waals surface area contributed by atoms with Crippen LogP contribution in [0.3, 0.4) is 0 Å². The van der Waals surface area contributed by atoms with E-state index in [1.54, 1.807) is 25.3 Å². The Hall–Kier alpha value is -1.22. The lowest BCUT2D eigenvalue weighted by molar-refractivity contribution is 0.0938. The third-order valence-electron chi connectivity index (χ3n) is 2.51. The second-order valence-electron chi connectivity index (χ2n) is 4.01. The molecule has 0 saturated heterocycles. The van der Waals surface area contributed by atoms with E-state index in [0.29, 0.717) is 16.3 Å². The molecule has 1 atom stereocenters. The summed E-state index contributed by atoms with van der Waals surface area (Å²) < 4.78 is 5.04. The number of nitrogens with one attached hydrogen (secondary N) is 1. The van der Waals surface area contributed by atoms with Crippen LogP contribution in [0.5, 0.6) is 5.75 Å². The fourth-order valence-corrected chi connectivity index (χ4v) is 1.88. The summed E-state index contributed by atoms with van der Waals surface area (Å²) >= 11 is 5.97. The van der Waals surface area contributed by atoms with Crippen molar-refractivity contribution in [2.45, 2.75) is 32.7 Å². The Morgan fingerprint density at radius 3 is 2.76 bits per heavy atom. The van der Waals surface area contributed by atoms with E-state index < -0.39 is 0 Å². The van der Waals surface area contributed by atoms with E-state index >= 15 is 0 Å². The molecule has 0 fully saturated rings. The number of carbonyl (C=O) groups is 1. The molecule has 4 heteroatoms. The van der Waals surface area contributed by atoms with Crippen molar-refractivity contribution in [3.8, 4) is 5.75 Å². The number of benzene rings is 1. The molecule has 1 amide bonds. The monoisotopic (exact) mass is 255 g/mol. The van der Waals surface area contributed by atoms with Crippen LogP contribution in [0.15, 0.2) is 18.2 Å². The summed E-state index contributed by atoms with van der Waals surface area (Å²) in [7, 11) is 1.55. The summed E-state index contributed by atoms with van der Waals surface area (Å²) in [4.78, 5) is 11.9. The van der Waals surface area contributed by atoms with Gasteiger partial charge in [-0.1, -0.05) is 24.9 Å². The van der Waals surface area contributed by atoms with E-state index in [1.165, 1.54) is 0 Å². The van der Waals surface area contributed by atoms with Gasteiger partial charge in [-0.25, -0.2) is 0 Å². The van der Waals surface area contributed by atoms with Crippen LogP contribution in [0, 0.1) is 0 Å². The van der Waals surface area contributed by atoms with E-state index in [1.807, 2.05) is 6.92 Å². The highest BCUT2D eigenvalue weighted by Crippen LogP contribution is 2.24. The fourth-order valence-electron chi connectivity index (χ4n) is 1.62. The summed E-state index contributed by atoms with van der Waals surface area (Å²) in [6, 6.07) is 5.20. The zero-order chi connectivity index (χ0) is 12.8. The Morgan fingerprint density at radius 2 is 2.24 bits per heavy atom. The van der Waals surface area contributed by atoms with Crippen LogP contribution in [0.2, 0.25) is 5.02 Å². The van der Waals surface area contributed by atoms with Gasteiger partial charge in [-0.3, -0.25) is 4.79 Å². The fraction of sp³-hybridized carbons (Fsp3) is 0.462. The molecule has 3 nitrogen and oxygen atoms in total. The van der Waals surface area contributed by atoms with Crippen LogP contribution in [-0.4, -0.2) is 19.1 Å². The average molecular weight is 256 g/mol. The maximum Gasteiger partial charge on any atom is 0.251 e. The molecule has 0 aromatic heterocycles. The lowest BCUT2D eigenvalue weighted by Gasteiger charge is -2.13. The van der Waals surface area contributed by atoms with Gasteiger partial charge in [-0.15, -0.1) is 0 Å². The van der Waals surface area contributed by atoms with Crippen molar-refractivity contribution in [3.63, 3.8) is 0 Å². The first-order valence-electron chi connectivity index (χ1n) is 5.72. The molecule has 1 aromatic carbocycles. The highest BCUT2D eigenvalue weighted by atomic mass is 35.5. The van der Waals surface area contributed by atoms with Gasteiger partial charge in [0.1, 0.15) is 5.75 Å². The van der Waals surface area contributed by atoms with Crippen molar-refractivity contribution in [2.75, 3.05) is 7.11 Å². The topological polar surface area (TPSA) is 38.3 Å². The zero-order valence-electron chi connectivity index (χ0n) is 10.4. The number of carbonyl (C=O) groups excluding carboxylic acids is 1. The Bertz CT molecular complexity index is 393. The second-order valence-corrected chi connectivity index (χ2v) is 4.42. The molecular weight excluding hydrogens is 238 g/mol. The minimum Gasteiger partial charge on any atom is -0.495 e. The summed E-state index contributed by atoms with van der Waals surface area (Å²) in [6.07, 6.45) is 2.01. The van der Waals surface area contributed by atoms with E-state index in [2.05, 4.69) is 12.2 Å². The Kier molecular flexibility index (Phi) is 5.29. The van der Waals surface area contributed by atoms with Gasteiger partial charge in [-0.2, -0.15) is 0 Å². The predicted octanol–water partition coefficient (Wildman–Crippen LogP) is 3.27. The Morgan fingerprint density at radius 1 is 1.53 bits per heavy atom. The molecule has 0 aliphatic carbocycles. The van der Waals surface area contributed by atoms with Gasteiger partial charge in [0.25, 0.3) is 5.91 Å². The molecule has 1 rings (SSSR count). The third kappa shape index (κ3) is 3.93. The van der Waals surface area contributed by atoms with Crippen LogP contribution in [0.25, 0.3) is 0 Å². The minimum absolute atomic E-state index is 0.101. The number of ether oxygens (including phenoxy) is 1. The minimum atomic E-state index is -0.101. The van der Waals surface area contributed by atoms with Crippen molar-refractivity contribution in [3.05, 3.63) is 28.8 Å². The molecule has 1 aromatic rings. The van der Waals surface area contributed by atoms with Gasteiger partial charge in [0.2, 0.25) is 0 Å². The van der Waals surface area contributed by atoms with Gasteiger partial charge in [-0.05, 0) is 31.5 Å². The van der Waals surface area contributed by atoms with Gasteiger partial charge in [0.15, 0.2) is 0 Å². The third-order valence-corrected chi connectivity index (χ3v) is 2.81. The van der Waals surface area contributed by atoms with Crippen LogP contribution in [0.1, 0.15) is 37.0 Å². The molecule has 0 saturated carbocycles. The number of hydrogen-bond donors (Lipinski definition) is 1. The van der Waals surface area contributed by atoms with Crippen molar-refractivity contribution < 1.29 is 9.53 Å². The maximum atomic E-state index is 11.9. The van der Waals surface area contributed by atoms with E-state index in [4.69, 9.17) is 16.3 Å². The highest BCUT2D eigenvalue weighted by molar-refractivity contribution is 6.32. The van der Waals surface area contributed by atoms with Gasteiger partial charge in [0, 0.05) is 11.6 Å². The molecule has 1 N–H and O–H groups in total. The predicted molar refractivity (Wildman–Crippen MR) is 69.8 cm³/mol. The summed E-state index contributed by atoms with van der Waals surface area (Å²) in [5, 5.41) is 3.37. The molecule has 0 bridgehead atoms. The van der Waals surface area contributed by atoms with Crippen LogP contribution < -0.4 is 10.1 Å². The van der Waals surface area contributed by atoms with Crippen molar-refractivity contribution in [1.29, 1.82) is 0 Å². The molecular formula is C13H18ClNO2. The van der Waals surface area contributed by atoms with Crippen LogP contribution in [0.4, 0.5) is 0 Å². The SMILES string of the molecule is CCC[C@@H](C)NC(=O)c1ccc(OC)c(Cl)c1. The van der Waals surface area contributed by atoms with Crippen molar-refractivity contribution in [1.82, 2.24) is 5.32 Å². The number of hydrogen-bond acceptors (Lipinski definition) is 2. The highest BCUT2D eigenvalue weighted by Gasteiger charge is 2.11. The lowest BCUT2D eigenvalue weighted by atomic mass is 10.1. The lowest BCUT2D eigenvalue weighted by Crippen LogP contribution is -2.32. The number of halogens is 1. The Labute approximate surface area is 107 Å². The van der Waals surface area contributed by atoms with Gasteiger partial charge < -0.3 is 10.1 Å². The first-order chi connectivity index (χ1) is 8.08. The van der Waals surface area contributed by atoms with Crippen molar-refractivity contribution >= 4 is 17.5 Å². The van der Waals surface area contributed by atoms with Gasteiger partial charge >= 0.3 is 0 Å². The van der Waals surface area contributed by atoms with Crippen molar-refractivity contribution in [2.24, 2.45) is 0 Å². The molecule has 0 aliphatic heterocycles. The Balaban J connectivity index is 2.72. The number of rotatable bonds is 5. The average Bonchev–Trinajstić information content (AvgIpc) is 2.29. The summed E-state index contributed by atoms with van der Waals surface area (Å²) in [6.45, 7) is 4.08. The molecule has 0 spiro atoms. The molecule has 0 unspecified atom stereocenters. The molecule has 0 aliphatic rings. The summed E-state index contributed by atoms with van der Waals surface area (Å²) in [5.74, 6) is 0.473. The van der Waals surface area contributed by atoms with E-state index in [0.717, 1.165) is 12.8 Å². The smallest absolute Gasteiger partial charge is 0.251 e. The summed E-state index contributed by atoms with van der Waals surface area (Å²) in [5.41, 5.74) is 0.554. The number of amides is 1. The maximum absolute atomic E-state index is 11.9. The largest absolute Gasteiger partial charge is 0.495 e. The first-order valence-corrected chi connectivity index (χ1v) is 6.10. The second kappa shape index (κ2) is 6.50. The molecule has 17 heavy (non-hydrogen) atoms. The quantitative estimate of drug-likeness (QED) is 0.877. The van der Waals surface area contributed by atoms with E-state index in [9.17, 15) is 4.79 Å². The van der Waals surface area contributed by atoms with Gasteiger partial charge in [0.05, 0.1) is 12.1 Å². The van der Waals surface area contributed by atoms with Crippen LogP contribution >= 0.6 is 11.6 Å².